The van der Waals surface area contributed by atoms with Gasteiger partial charge in [0.05, 0.1) is 4.88 Å². The van der Waals surface area contributed by atoms with Crippen molar-refractivity contribution in [1.82, 2.24) is 0 Å². The fourth-order valence-corrected chi connectivity index (χ4v) is 10.1. The second-order valence-corrected chi connectivity index (χ2v) is 13.8. The van der Waals surface area contributed by atoms with Gasteiger partial charge in [0.25, 0.3) is 0 Å². The summed E-state index contributed by atoms with van der Waals surface area (Å²) in [5.41, 5.74) is 5.68. The van der Waals surface area contributed by atoms with E-state index in [1.165, 1.54) is 55.7 Å². The van der Waals surface area contributed by atoms with Crippen LogP contribution in [0.1, 0.15) is 40.4 Å². The van der Waals surface area contributed by atoms with Crippen LogP contribution in [0.4, 0.5) is 11.4 Å². The van der Waals surface area contributed by atoms with Gasteiger partial charge in [-0.2, -0.15) is 0 Å². The zero-order valence-corrected chi connectivity index (χ0v) is 22.6. The summed E-state index contributed by atoms with van der Waals surface area (Å²) in [5.74, 6) is 2.31. The highest BCUT2D eigenvalue weighted by Crippen LogP contribution is 2.62. The molecular formula is C32H25NOS3. The first-order chi connectivity index (χ1) is 18.3. The van der Waals surface area contributed by atoms with Crippen LogP contribution in [0.5, 0.6) is 0 Å². The van der Waals surface area contributed by atoms with E-state index in [2.05, 4.69) is 83.8 Å². The molecule has 0 spiro atoms. The van der Waals surface area contributed by atoms with Crippen molar-refractivity contribution in [2.24, 2.45) is 11.8 Å². The van der Waals surface area contributed by atoms with E-state index in [9.17, 15) is 4.79 Å². The second-order valence-electron chi connectivity index (χ2n) is 10.5. The molecule has 4 heterocycles. The number of hydrogen-bond acceptors (Lipinski definition) is 5. The van der Waals surface area contributed by atoms with Crippen molar-refractivity contribution < 1.29 is 4.79 Å². The van der Waals surface area contributed by atoms with E-state index in [1.807, 2.05) is 28.7 Å². The van der Waals surface area contributed by atoms with Crippen molar-refractivity contribution in [3.05, 3.63) is 95.4 Å². The monoisotopic (exact) mass is 535 g/mol. The summed E-state index contributed by atoms with van der Waals surface area (Å²) in [6.07, 6.45) is 5.10. The van der Waals surface area contributed by atoms with E-state index < -0.39 is 0 Å². The predicted molar refractivity (Wildman–Crippen MR) is 158 cm³/mol. The van der Waals surface area contributed by atoms with Gasteiger partial charge in [-0.15, -0.1) is 34.0 Å². The van der Waals surface area contributed by atoms with Crippen molar-refractivity contribution in [2.75, 3.05) is 4.90 Å². The number of hydrogen-bond donors (Lipinski definition) is 0. The van der Waals surface area contributed by atoms with Crippen molar-refractivity contribution >= 4 is 51.7 Å². The number of carbonyl (C=O) groups excluding carboxylic acids is 1. The van der Waals surface area contributed by atoms with Crippen LogP contribution in [-0.2, 0) is 0 Å². The second kappa shape index (κ2) is 8.52. The van der Waals surface area contributed by atoms with Crippen LogP contribution in [0.3, 0.4) is 0 Å². The first-order valence-electron chi connectivity index (χ1n) is 13.0. The maximum atomic E-state index is 11.1. The van der Waals surface area contributed by atoms with Gasteiger partial charge in [0.2, 0.25) is 0 Å². The van der Waals surface area contributed by atoms with Gasteiger partial charge in [0.15, 0.2) is 6.29 Å². The number of nitrogens with zero attached hydrogens (tertiary/aromatic N) is 1. The number of thiophene rings is 3. The van der Waals surface area contributed by atoms with E-state index in [0.29, 0.717) is 12.0 Å². The van der Waals surface area contributed by atoms with Crippen LogP contribution >= 0.6 is 34.0 Å². The Balaban J connectivity index is 1.14. The predicted octanol–water partition coefficient (Wildman–Crippen LogP) is 9.72. The van der Waals surface area contributed by atoms with Crippen LogP contribution < -0.4 is 4.90 Å². The third-order valence-corrected chi connectivity index (χ3v) is 12.2. The molecule has 0 amide bonds. The van der Waals surface area contributed by atoms with Gasteiger partial charge < -0.3 is 4.90 Å². The lowest BCUT2D eigenvalue weighted by Gasteiger charge is -2.33. The third-order valence-electron chi connectivity index (χ3n) is 8.58. The molecule has 3 aliphatic rings. The zero-order valence-electron chi connectivity index (χ0n) is 20.2. The SMILES string of the molecule is O=Cc1ccc(-c2ccc(-c3ccc(-c4ccc5c(c4)C4C6CCC(C6)C4N5c4ccccc4)s3)s2)s1. The van der Waals surface area contributed by atoms with Crippen molar-refractivity contribution in [2.45, 2.75) is 31.2 Å². The van der Waals surface area contributed by atoms with E-state index in [4.69, 9.17) is 0 Å². The minimum atomic E-state index is 0.617. The topological polar surface area (TPSA) is 20.3 Å². The molecule has 2 bridgehead atoms. The maximum absolute atomic E-state index is 11.1. The number of para-hydroxylation sites is 1. The summed E-state index contributed by atoms with van der Waals surface area (Å²) >= 11 is 5.25. The highest BCUT2D eigenvalue weighted by Gasteiger charge is 2.55. The van der Waals surface area contributed by atoms with Crippen LogP contribution in [0.2, 0.25) is 0 Å². The average molecular weight is 536 g/mol. The minimum Gasteiger partial charge on any atom is -0.337 e. The Morgan fingerprint density at radius 1 is 0.703 bits per heavy atom. The molecule has 5 heteroatoms. The highest BCUT2D eigenvalue weighted by atomic mass is 32.1. The Hall–Kier alpha value is -2.99. The molecule has 37 heavy (non-hydrogen) atoms. The lowest BCUT2D eigenvalue weighted by Crippen LogP contribution is -2.35. The summed E-state index contributed by atoms with van der Waals surface area (Å²) in [6.45, 7) is 0. The molecule has 0 N–H and O–H groups in total. The quantitative estimate of drug-likeness (QED) is 0.209. The van der Waals surface area contributed by atoms with Crippen LogP contribution in [0.25, 0.3) is 29.9 Å². The number of aldehydes is 1. The fraction of sp³-hybridized carbons (Fsp3) is 0.219. The largest absolute Gasteiger partial charge is 0.337 e. The van der Waals surface area contributed by atoms with Crippen LogP contribution in [0, 0.1) is 11.8 Å². The van der Waals surface area contributed by atoms with Crippen molar-refractivity contribution in [1.29, 1.82) is 0 Å². The molecule has 4 unspecified atom stereocenters. The van der Waals surface area contributed by atoms with Crippen LogP contribution in [-0.4, -0.2) is 12.3 Å². The first-order valence-corrected chi connectivity index (χ1v) is 15.5. The maximum Gasteiger partial charge on any atom is 0.160 e. The zero-order chi connectivity index (χ0) is 24.5. The van der Waals surface area contributed by atoms with E-state index in [0.717, 1.165) is 27.9 Å². The van der Waals surface area contributed by atoms with Crippen molar-refractivity contribution in [3.63, 3.8) is 0 Å². The fourth-order valence-electron chi connectivity index (χ4n) is 7.10. The summed E-state index contributed by atoms with van der Waals surface area (Å²) in [6, 6.07) is 31.8. The Bertz CT molecular complexity index is 1630. The van der Waals surface area contributed by atoms with E-state index in [1.54, 1.807) is 16.9 Å². The Morgan fingerprint density at radius 2 is 1.38 bits per heavy atom. The van der Waals surface area contributed by atoms with E-state index in [-0.39, 0.29) is 0 Å². The lowest BCUT2D eigenvalue weighted by atomic mass is 9.82. The molecule has 182 valence electrons. The number of rotatable bonds is 5. The summed E-state index contributed by atoms with van der Waals surface area (Å²) in [7, 11) is 0. The lowest BCUT2D eigenvalue weighted by molar-refractivity contribution is 0.112. The molecule has 0 saturated heterocycles. The molecule has 1 aliphatic heterocycles. The highest BCUT2D eigenvalue weighted by molar-refractivity contribution is 7.27. The molecule has 3 aromatic heterocycles. The number of benzene rings is 2. The summed E-state index contributed by atoms with van der Waals surface area (Å²) in [4.78, 5) is 20.9. The first kappa shape index (κ1) is 22.0. The van der Waals surface area contributed by atoms with Crippen LogP contribution in [0.15, 0.2) is 84.9 Å². The molecule has 0 radical (unpaired) electrons. The van der Waals surface area contributed by atoms with Gasteiger partial charge in [0, 0.05) is 47.7 Å². The number of fused-ring (bicyclic) bond motifs is 7. The summed E-state index contributed by atoms with van der Waals surface area (Å²) < 4.78 is 0. The Labute approximate surface area is 228 Å². The standard InChI is InChI=1S/C32H25NOS3/c34-18-23-9-11-27(35-23)28-14-15-30(37-28)29-13-12-26(36-29)19-8-10-25-24(17-19)31-20-6-7-21(16-20)32(31)33(25)22-4-2-1-3-5-22/h1-5,8-15,17-18,20-21,31-32H,6-7,16H2. The number of carbonyl (C=O) groups is 1. The Kier molecular flexibility index (Phi) is 5.07. The van der Waals surface area contributed by atoms with Gasteiger partial charge in [0.1, 0.15) is 0 Å². The molecule has 2 aromatic carbocycles. The van der Waals surface area contributed by atoms with Gasteiger partial charge in [-0.3, -0.25) is 4.79 Å². The van der Waals surface area contributed by atoms with Gasteiger partial charge in [-0.05, 0) is 103 Å². The van der Waals surface area contributed by atoms with Gasteiger partial charge in [-0.25, -0.2) is 0 Å². The van der Waals surface area contributed by atoms with Gasteiger partial charge in [-0.1, -0.05) is 24.3 Å². The molecule has 2 nitrogen and oxygen atoms in total. The minimum absolute atomic E-state index is 0.617. The smallest absolute Gasteiger partial charge is 0.160 e. The normalized spacial score (nSPS) is 23.4. The Morgan fingerprint density at radius 3 is 2.14 bits per heavy atom. The molecule has 4 atom stereocenters. The molecule has 2 aliphatic carbocycles. The molecule has 2 fully saturated rings. The molecule has 2 saturated carbocycles. The van der Waals surface area contributed by atoms with Gasteiger partial charge >= 0.3 is 0 Å². The molecular weight excluding hydrogens is 511 g/mol. The molecule has 8 rings (SSSR count). The molecule has 5 aromatic rings. The van der Waals surface area contributed by atoms with E-state index >= 15 is 0 Å². The van der Waals surface area contributed by atoms with Crippen molar-refractivity contribution in [3.8, 4) is 29.9 Å². The third kappa shape index (κ3) is 3.44. The number of anilines is 2. The summed E-state index contributed by atoms with van der Waals surface area (Å²) in [5, 5.41) is 0. The average Bonchev–Trinajstić information content (AvgIpc) is 3.77.